The van der Waals surface area contributed by atoms with Gasteiger partial charge in [0.25, 0.3) is 0 Å². The maximum Gasteiger partial charge on any atom is 0.220 e. The van der Waals surface area contributed by atoms with Crippen LogP contribution in [-0.2, 0) is 17.8 Å². The number of aryl methyl sites for hydroxylation is 1. The van der Waals surface area contributed by atoms with Crippen LogP contribution in [0.4, 0.5) is 0 Å². The molecule has 26 heavy (non-hydrogen) atoms. The minimum atomic E-state index is 0.0251. The molecule has 2 aromatic heterocycles. The largest absolute Gasteiger partial charge is 0.497 e. The summed E-state index contributed by atoms with van der Waals surface area (Å²) in [6.45, 7) is 0.474. The number of aromatic nitrogens is 2. The van der Waals surface area contributed by atoms with Crippen LogP contribution in [0.3, 0.4) is 0 Å². The van der Waals surface area contributed by atoms with Gasteiger partial charge in [-0.1, -0.05) is 18.2 Å². The standard InChI is InChI=1S/C21H21N3O2/c1-26-19-8-4-16(5-9-19)7-11-21(25)24-14-17-6-10-20(23-13-17)18-3-2-12-22-15-18/h2-6,8-10,12-13,15H,7,11,14H2,1H3,(H,24,25). The molecule has 5 nitrogen and oxygen atoms in total. The number of nitrogens with zero attached hydrogens (tertiary/aromatic N) is 2. The topological polar surface area (TPSA) is 64.1 Å². The second-order valence-electron chi connectivity index (χ2n) is 5.92. The SMILES string of the molecule is COc1ccc(CCC(=O)NCc2ccc(-c3cccnc3)nc2)cc1. The molecule has 1 aromatic carbocycles. The number of hydrogen-bond acceptors (Lipinski definition) is 4. The minimum Gasteiger partial charge on any atom is -0.497 e. The number of rotatable bonds is 7. The molecule has 132 valence electrons. The lowest BCUT2D eigenvalue weighted by atomic mass is 10.1. The number of carbonyl (C=O) groups is 1. The van der Waals surface area contributed by atoms with Crippen molar-refractivity contribution in [3.63, 3.8) is 0 Å². The second kappa shape index (κ2) is 8.76. The van der Waals surface area contributed by atoms with E-state index in [2.05, 4.69) is 15.3 Å². The number of pyridine rings is 2. The fourth-order valence-electron chi connectivity index (χ4n) is 2.55. The highest BCUT2D eigenvalue weighted by atomic mass is 16.5. The quantitative estimate of drug-likeness (QED) is 0.711. The molecule has 0 bridgehead atoms. The van der Waals surface area contributed by atoms with E-state index in [1.165, 1.54) is 0 Å². The molecule has 0 unspecified atom stereocenters. The van der Waals surface area contributed by atoms with Gasteiger partial charge in [-0.25, -0.2) is 0 Å². The fraction of sp³-hybridized carbons (Fsp3) is 0.190. The number of amides is 1. The molecule has 1 amide bonds. The molecule has 0 aliphatic rings. The molecular formula is C21H21N3O2. The molecule has 0 saturated carbocycles. The highest BCUT2D eigenvalue weighted by Crippen LogP contribution is 2.15. The van der Waals surface area contributed by atoms with Gasteiger partial charge in [0.15, 0.2) is 0 Å². The predicted octanol–water partition coefficient (Wildman–Crippen LogP) is 3.40. The van der Waals surface area contributed by atoms with Crippen LogP contribution in [0.2, 0.25) is 0 Å². The zero-order chi connectivity index (χ0) is 18.2. The Balaban J connectivity index is 1.46. The van der Waals surface area contributed by atoms with Gasteiger partial charge in [-0.15, -0.1) is 0 Å². The third-order valence-corrected chi connectivity index (χ3v) is 4.07. The van der Waals surface area contributed by atoms with Crippen LogP contribution in [0.5, 0.6) is 5.75 Å². The van der Waals surface area contributed by atoms with Crippen molar-refractivity contribution in [3.8, 4) is 17.0 Å². The average molecular weight is 347 g/mol. The molecule has 0 radical (unpaired) electrons. The van der Waals surface area contributed by atoms with Crippen molar-refractivity contribution in [2.45, 2.75) is 19.4 Å². The van der Waals surface area contributed by atoms with Crippen LogP contribution >= 0.6 is 0 Å². The molecule has 0 saturated heterocycles. The Bertz CT molecular complexity index is 831. The number of methoxy groups -OCH3 is 1. The number of nitrogens with one attached hydrogen (secondary N) is 1. The van der Waals surface area contributed by atoms with Crippen LogP contribution in [0.25, 0.3) is 11.3 Å². The van der Waals surface area contributed by atoms with Gasteiger partial charge in [-0.05, 0) is 47.9 Å². The predicted molar refractivity (Wildman–Crippen MR) is 101 cm³/mol. The lowest BCUT2D eigenvalue weighted by Crippen LogP contribution is -2.23. The number of carbonyl (C=O) groups excluding carboxylic acids is 1. The maximum absolute atomic E-state index is 12.0. The van der Waals surface area contributed by atoms with E-state index in [0.717, 1.165) is 28.1 Å². The van der Waals surface area contributed by atoms with E-state index in [9.17, 15) is 4.79 Å². The Labute approximate surface area is 153 Å². The third-order valence-electron chi connectivity index (χ3n) is 4.07. The molecule has 2 heterocycles. The smallest absolute Gasteiger partial charge is 0.220 e. The van der Waals surface area contributed by atoms with E-state index >= 15 is 0 Å². The van der Waals surface area contributed by atoms with Gasteiger partial charge in [0.05, 0.1) is 12.8 Å². The third kappa shape index (κ3) is 4.89. The van der Waals surface area contributed by atoms with Gasteiger partial charge in [-0.2, -0.15) is 0 Å². The molecule has 5 heteroatoms. The summed E-state index contributed by atoms with van der Waals surface area (Å²) in [5.74, 6) is 0.845. The van der Waals surface area contributed by atoms with Crippen LogP contribution in [0.1, 0.15) is 17.5 Å². The zero-order valence-corrected chi connectivity index (χ0v) is 14.7. The lowest BCUT2D eigenvalue weighted by Gasteiger charge is -2.07. The van der Waals surface area contributed by atoms with Crippen molar-refractivity contribution in [2.75, 3.05) is 7.11 Å². The van der Waals surface area contributed by atoms with Crippen LogP contribution < -0.4 is 10.1 Å². The molecule has 3 aromatic rings. The minimum absolute atomic E-state index is 0.0251. The number of ether oxygens (including phenoxy) is 1. The van der Waals surface area contributed by atoms with Crippen LogP contribution in [0, 0.1) is 0 Å². The number of benzene rings is 1. The highest BCUT2D eigenvalue weighted by Gasteiger charge is 2.04. The Morgan fingerprint density at radius 2 is 1.85 bits per heavy atom. The Kier molecular flexibility index (Phi) is 5.93. The zero-order valence-electron chi connectivity index (χ0n) is 14.7. The molecular weight excluding hydrogens is 326 g/mol. The summed E-state index contributed by atoms with van der Waals surface area (Å²) < 4.78 is 5.13. The number of hydrogen-bond donors (Lipinski definition) is 1. The van der Waals surface area contributed by atoms with Gasteiger partial charge in [0, 0.05) is 37.1 Å². The summed E-state index contributed by atoms with van der Waals surface area (Å²) in [6.07, 6.45) is 6.45. The van der Waals surface area contributed by atoms with E-state index in [-0.39, 0.29) is 5.91 Å². The average Bonchev–Trinajstić information content (AvgIpc) is 2.72. The lowest BCUT2D eigenvalue weighted by molar-refractivity contribution is -0.121. The molecule has 0 atom stereocenters. The summed E-state index contributed by atoms with van der Waals surface area (Å²) in [5, 5.41) is 2.94. The first-order valence-corrected chi connectivity index (χ1v) is 8.49. The van der Waals surface area contributed by atoms with Crippen molar-refractivity contribution in [2.24, 2.45) is 0 Å². The first kappa shape index (κ1) is 17.6. The normalized spacial score (nSPS) is 10.3. The van der Waals surface area contributed by atoms with Gasteiger partial charge in [0.2, 0.25) is 5.91 Å². The van der Waals surface area contributed by atoms with Crippen LogP contribution in [0.15, 0.2) is 67.1 Å². The van der Waals surface area contributed by atoms with E-state index < -0.39 is 0 Å². The Hall–Kier alpha value is -3.21. The van der Waals surface area contributed by atoms with E-state index in [1.54, 1.807) is 25.7 Å². The molecule has 0 fully saturated rings. The monoisotopic (exact) mass is 347 g/mol. The summed E-state index contributed by atoms with van der Waals surface area (Å²) in [6, 6.07) is 15.5. The maximum atomic E-state index is 12.0. The van der Waals surface area contributed by atoms with E-state index in [1.807, 2.05) is 48.5 Å². The molecule has 0 aliphatic heterocycles. The fourth-order valence-corrected chi connectivity index (χ4v) is 2.55. The molecule has 1 N–H and O–H groups in total. The molecule has 3 rings (SSSR count). The van der Waals surface area contributed by atoms with Crippen molar-refractivity contribution >= 4 is 5.91 Å². The van der Waals surface area contributed by atoms with Gasteiger partial charge < -0.3 is 10.1 Å². The second-order valence-corrected chi connectivity index (χ2v) is 5.92. The molecule has 0 aliphatic carbocycles. The van der Waals surface area contributed by atoms with Crippen molar-refractivity contribution in [1.82, 2.24) is 15.3 Å². The first-order valence-electron chi connectivity index (χ1n) is 8.49. The van der Waals surface area contributed by atoms with Crippen LogP contribution in [-0.4, -0.2) is 23.0 Å². The van der Waals surface area contributed by atoms with E-state index in [4.69, 9.17) is 4.74 Å². The Morgan fingerprint density at radius 3 is 2.50 bits per heavy atom. The summed E-state index contributed by atoms with van der Waals surface area (Å²) in [4.78, 5) is 20.6. The summed E-state index contributed by atoms with van der Waals surface area (Å²) >= 11 is 0. The van der Waals surface area contributed by atoms with Gasteiger partial charge in [0.1, 0.15) is 5.75 Å². The molecule has 0 spiro atoms. The summed E-state index contributed by atoms with van der Waals surface area (Å²) in [5.41, 5.74) is 3.93. The Morgan fingerprint density at radius 1 is 1.04 bits per heavy atom. The van der Waals surface area contributed by atoms with Gasteiger partial charge >= 0.3 is 0 Å². The first-order chi connectivity index (χ1) is 12.7. The van der Waals surface area contributed by atoms with Crippen molar-refractivity contribution < 1.29 is 9.53 Å². The van der Waals surface area contributed by atoms with Crippen molar-refractivity contribution in [1.29, 1.82) is 0 Å². The van der Waals surface area contributed by atoms with E-state index in [0.29, 0.717) is 19.4 Å². The summed E-state index contributed by atoms with van der Waals surface area (Å²) in [7, 11) is 1.64. The van der Waals surface area contributed by atoms with Gasteiger partial charge in [-0.3, -0.25) is 14.8 Å². The van der Waals surface area contributed by atoms with Crippen molar-refractivity contribution in [3.05, 3.63) is 78.2 Å². The highest BCUT2D eigenvalue weighted by molar-refractivity contribution is 5.76.